The van der Waals surface area contributed by atoms with Gasteiger partial charge in [0.25, 0.3) is 0 Å². The summed E-state index contributed by atoms with van der Waals surface area (Å²) in [5.41, 5.74) is 1.38. The molecule has 1 saturated heterocycles. The van der Waals surface area contributed by atoms with Crippen molar-refractivity contribution in [2.75, 3.05) is 13.1 Å². The summed E-state index contributed by atoms with van der Waals surface area (Å²) in [5, 5.41) is 3.40. The van der Waals surface area contributed by atoms with Crippen molar-refractivity contribution in [2.24, 2.45) is 10.8 Å². The van der Waals surface area contributed by atoms with Crippen LogP contribution in [0.1, 0.15) is 20.3 Å². The third-order valence-corrected chi connectivity index (χ3v) is 3.14. The fourth-order valence-electron chi connectivity index (χ4n) is 1.98. The van der Waals surface area contributed by atoms with Crippen molar-refractivity contribution in [2.45, 2.75) is 20.3 Å². The van der Waals surface area contributed by atoms with Crippen LogP contribution in [0.5, 0.6) is 0 Å². The molecule has 0 spiro atoms. The maximum atomic E-state index is 3.40. The summed E-state index contributed by atoms with van der Waals surface area (Å²) < 4.78 is 0. The van der Waals surface area contributed by atoms with Crippen molar-refractivity contribution in [3.8, 4) is 0 Å². The molecule has 2 atom stereocenters. The standard InChI is InChI=1S/C7H13N/c1-6-3-7(6,2)5-8-4-6/h8H,3-5H2,1-2H3/t6-,7+. The molecule has 1 nitrogen and oxygen atoms in total. The Hall–Kier alpha value is -0.0400. The molecule has 0 aromatic heterocycles. The van der Waals surface area contributed by atoms with Gasteiger partial charge in [-0.25, -0.2) is 0 Å². The fourth-order valence-corrected chi connectivity index (χ4v) is 1.98. The molecule has 46 valence electrons. The Morgan fingerprint density at radius 3 is 1.75 bits per heavy atom. The molecule has 1 heterocycles. The van der Waals surface area contributed by atoms with Crippen molar-refractivity contribution in [3.05, 3.63) is 0 Å². The zero-order chi connectivity index (χ0) is 5.83. The first-order valence-corrected chi connectivity index (χ1v) is 3.37. The van der Waals surface area contributed by atoms with Gasteiger partial charge in [-0.1, -0.05) is 13.8 Å². The van der Waals surface area contributed by atoms with Crippen LogP contribution < -0.4 is 5.32 Å². The van der Waals surface area contributed by atoms with Gasteiger partial charge in [0.1, 0.15) is 0 Å². The molecule has 0 aromatic carbocycles. The first kappa shape index (κ1) is 4.80. The van der Waals surface area contributed by atoms with Crippen molar-refractivity contribution in [1.82, 2.24) is 5.32 Å². The number of piperidine rings is 1. The Kier molecular flexibility index (Phi) is 0.583. The highest BCUT2D eigenvalue weighted by atomic mass is 15.0. The van der Waals surface area contributed by atoms with Gasteiger partial charge in [-0.15, -0.1) is 0 Å². The van der Waals surface area contributed by atoms with Gasteiger partial charge in [0, 0.05) is 13.1 Å². The predicted octanol–water partition coefficient (Wildman–Crippen LogP) is 1.01. The topological polar surface area (TPSA) is 12.0 Å². The van der Waals surface area contributed by atoms with Crippen LogP contribution in [0.2, 0.25) is 0 Å². The molecule has 0 aromatic rings. The molecule has 1 heteroatoms. The van der Waals surface area contributed by atoms with E-state index in [2.05, 4.69) is 19.2 Å². The van der Waals surface area contributed by atoms with E-state index in [1.807, 2.05) is 0 Å². The normalized spacial score (nSPS) is 60.8. The van der Waals surface area contributed by atoms with E-state index >= 15 is 0 Å². The van der Waals surface area contributed by atoms with Crippen LogP contribution in [-0.4, -0.2) is 13.1 Å². The Balaban J connectivity index is 2.26. The van der Waals surface area contributed by atoms with E-state index in [1.165, 1.54) is 19.5 Å². The second-order valence-corrected chi connectivity index (χ2v) is 3.90. The minimum atomic E-state index is 0.688. The Morgan fingerprint density at radius 2 is 1.62 bits per heavy atom. The van der Waals surface area contributed by atoms with Gasteiger partial charge in [-0.05, 0) is 17.3 Å². The molecule has 2 aliphatic rings. The van der Waals surface area contributed by atoms with Crippen LogP contribution in [-0.2, 0) is 0 Å². The Bertz CT molecular complexity index is 110. The first-order chi connectivity index (χ1) is 3.66. The average Bonchev–Trinajstić information content (AvgIpc) is 2.00. The van der Waals surface area contributed by atoms with E-state index in [0.29, 0.717) is 10.8 Å². The molecular formula is C7H13N. The van der Waals surface area contributed by atoms with Gasteiger partial charge in [0.15, 0.2) is 0 Å². The zero-order valence-corrected chi connectivity index (χ0v) is 5.62. The highest BCUT2D eigenvalue weighted by Gasteiger charge is 2.63. The molecule has 1 aliphatic heterocycles. The van der Waals surface area contributed by atoms with E-state index in [4.69, 9.17) is 0 Å². The Morgan fingerprint density at radius 1 is 1.12 bits per heavy atom. The van der Waals surface area contributed by atoms with Crippen molar-refractivity contribution in [3.63, 3.8) is 0 Å². The highest BCUT2D eigenvalue weighted by Crippen LogP contribution is 2.65. The molecule has 2 rings (SSSR count). The Labute approximate surface area is 50.5 Å². The number of nitrogens with one attached hydrogen (secondary N) is 1. The second-order valence-electron chi connectivity index (χ2n) is 3.90. The molecule has 0 amide bonds. The van der Waals surface area contributed by atoms with E-state index in [1.54, 1.807) is 0 Å². The first-order valence-electron chi connectivity index (χ1n) is 3.37. The monoisotopic (exact) mass is 111 g/mol. The summed E-state index contributed by atoms with van der Waals surface area (Å²) >= 11 is 0. The van der Waals surface area contributed by atoms with Crippen LogP contribution in [0.4, 0.5) is 0 Å². The average molecular weight is 111 g/mol. The lowest BCUT2D eigenvalue weighted by Crippen LogP contribution is -2.14. The maximum absolute atomic E-state index is 3.40. The van der Waals surface area contributed by atoms with E-state index < -0.39 is 0 Å². The summed E-state index contributed by atoms with van der Waals surface area (Å²) in [6.45, 7) is 7.27. The third kappa shape index (κ3) is 0.334. The molecule has 0 unspecified atom stereocenters. The molecule has 0 radical (unpaired) electrons. The molecule has 1 aliphatic carbocycles. The predicted molar refractivity (Wildman–Crippen MR) is 33.7 cm³/mol. The van der Waals surface area contributed by atoms with Gasteiger partial charge < -0.3 is 5.32 Å². The summed E-state index contributed by atoms with van der Waals surface area (Å²) in [6, 6.07) is 0. The third-order valence-electron chi connectivity index (χ3n) is 3.14. The minimum Gasteiger partial charge on any atom is -0.316 e. The van der Waals surface area contributed by atoms with Gasteiger partial charge in [0.2, 0.25) is 0 Å². The van der Waals surface area contributed by atoms with E-state index in [0.717, 1.165) is 0 Å². The maximum Gasteiger partial charge on any atom is 0.00113 e. The smallest absolute Gasteiger partial charge is 0.00113 e. The lowest BCUT2D eigenvalue weighted by molar-refractivity contribution is 0.494. The van der Waals surface area contributed by atoms with Gasteiger partial charge in [-0.3, -0.25) is 0 Å². The fraction of sp³-hybridized carbons (Fsp3) is 1.00. The summed E-state index contributed by atoms with van der Waals surface area (Å²) in [7, 11) is 0. The van der Waals surface area contributed by atoms with Crippen molar-refractivity contribution >= 4 is 0 Å². The lowest BCUT2D eigenvalue weighted by atomic mass is 10.0. The molecular weight excluding hydrogens is 98.1 g/mol. The quantitative estimate of drug-likeness (QED) is 0.492. The lowest BCUT2D eigenvalue weighted by Gasteiger charge is -2.02. The van der Waals surface area contributed by atoms with Crippen LogP contribution in [0.25, 0.3) is 0 Å². The number of rotatable bonds is 0. The summed E-state index contributed by atoms with van der Waals surface area (Å²) in [5.74, 6) is 0. The van der Waals surface area contributed by atoms with Crippen LogP contribution in [0, 0.1) is 10.8 Å². The molecule has 8 heavy (non-hydrogen) atoms. The van der Waals surface area contributed by atoms with Crippen molar-refractivity contribution in [1.29, 1.82) is 0 Å². The number of fused-ring (bicyclic) bond motifs is 1. The van der Waals surface area contributed by atoms with Gasteiger partial charge >= 0.3 is 0 Å². The molecule has 1 saturated carbocycles. The second kappa shape index (κ2) is 0.971. The van der Waals surface area contributed by atoms with Crippen LogP contribution in [0.3, 0.4) is 0 Å². The van der Waals surface area contributed by atoms with Crippen LogP contribution >= 0.6 is 0 Å². The summed E-state index contributed by atoms with van der Waals surface area (Å²) in [6.07, 6.45) is 1.45. The minimum absolute atomic E-state index is 0.688. The number of hydrogen-bond acceptors (Lipinski definition) is 1. The largest absolute Gasteiger partial charge is 0.316 e. The zero-order valence-electron chi connectivity index (χ0n) is 5.62. The highest BCUT2D eigenvalue weighted by molar-refractivity contribution is 5.15. The number of hydrogen-bond donors (Lipinski definition) is 1. The van der Waals surface area contributed by atoms with E-state index in [9.17, 15) is 0 Å². The van der Waals surface area contributed by atoms with Gasteiger partial charge in [-0.2, -0.15) is 0 Å². The molecule has 2 fully saturated rings. The van der Waals surface area contributed by atoms with E-state index in [-0.39, 0.29) is 0 Å². The SMILES string of the molecule is C[C@@]12CNC[C@]1(C)C2. The summed E-state index contributed by atoms with van der Waals surface area (Å²) in [4.78, 5) is 0. The van der Waals surface area contributed by atoms with Gasteiger partial charge in [0.05, 0.1) is 0 Å². The van der Waals surface area contributed by atoms with Crippen LogP contribution in [0.15, 0.2) is 0 Å². The van der Waals surface area contributed by atoms with Crippen molar-refractivity contribution < 1.29 is 0 Å². The molecule has 1 N–H and O–H groups in total. The molecule has 0 bridgehead atoms.